The van der Waals surface area contributed by atoms with Gasteiger partial charge in [-0.05, 0) is 37.6 Å². The van der Waals surface area contributed by atoms with Crippen LogP contribution in [0.25, 0.3) is 0 Å². The summed E-state index contributed by atoms with van der Waals surface area (Å²) in [6, 6.07) is 18.0. The van der Waals surface area contributed by atoms with Crippen molar-refractivity contribution in [2.45, 2.75) is 20.3 Å². The van der Waals surface area contributed by atoms with Gasteiger partial charge in [0.15, 0.2) is 0 Å². The number of carbonyl (C=O) groups is 1. The number of nitrogens with one attached hydrogen (secondary N) is 1. The number of carbonyl (C=O) groups excluding carboxylic acids is 1. The zero-order valence-electron chi connectivity index (χ0n) is 17.8. The van der Waals surface area contributed by atoms with Crippen molar-refractivity contribution >= 4 is 33.5 Å². The number of hydrogen-bond acceptors (Lipinski definition) is 4. The van der Waals surface area contributed by atoms with E-state index in [4.69, 9.17) is 4.98 Å². The number of urea groups is 1. The normalized spacial score (nSPS) is 13.9. The minimum atomic E-state index is -0.0719. The maximum atomic E-state index is 12.7. The van der Waals surface area contributed by atoms with E-state index in [1.165, 1.54) is 5.56 Å². The highest BCUT2D eigenvalue weighted by Gasteiger charge is 2.25. The SMILES string of the molecule is Cc1nc(C)c(Cc2ccccc2)c(N2CCN(C(=O)Nc3cccc(Br)c3)CC2)n1. The van der Waals surface area contributed by atoms with Crippen LogP contribution in [-0.2, 0) is 6.42 Å². The first-order valence-electron chi connectivity index (χ1n) is 10.4. The van der Waals surface area contributed by atoms with Crippen LogP contribution >= 0.6 is 15.9 Å². The minimum absolute atomic E-state index is 0.0719. The zero-order chi connectivity index (χ0) is 21.8. The van der Waals surface area contributed by atoms with E-state index < -0.39 is 0 Å². The fourth-order valence-corrected chi connectivity index (χ4v) is 4.28. The molecule has 0 aliphatic carbocycles. The number of rotatable bonds is 4. The summed E-state index contributed by atoms with van der Waals surface area (Å²) in [5, 5.41) is 2.98. The van der Waals surface area contributed by atoms with Gasteiger partial charge >= 0.3 is 6.03 Å². The molecule has 0 atom stereocenters. The Hall–Kier alpha value is -2.93. The molecule has 3 aromatic rings. The van der Waals surface area contributed by atoms with Gasteiger partial charge in [-0.2, -0.15) is 0 Å². The van der Waals surface area contributed by atoms with E-state index in [9.17, 15) is 4.79 Å². The van der Waals surface area contributed by atoms with Crippen LogP contribution in [-0.4, -0.2) is 47.1 Å². The molecule has 6 nitrogen and oxygen atoms in total. The average Bonchev–Trinajstić information content (AvgIpc) is 2.76. The van der Waals surface area contributed by atoms with E-state index in [0.717, 1.165) is 52.6 Å². The summed E-state index contributed by atoms with van der Waals surface area (Å²) in [5.74, 6) is 1.76. The number of halogens is 1. The lowest BCUT2D eigenvalue weighted by atomic mass is 10.0. The third-order valence-corrected chi connectivity index (χ3v) is 5.96. The second kappa shape index (κ2) is 9.47. The first-order valence-corrected chi connectivity index (χ1v) is 11.2. The molecule has 0 bridgehead atoms. The second-order valence-electron chi connectivity index (χ2n) is 7.74. The molecule has 0 radical (unpaired) electrons. The molecule has 1 aromatic heterocycles. The molecule has 0 spiro atoms. The Morgan fingerprint density at radius 2 is 1.74 bits per heavy atom. The number of piperazine rings is 1. The Bertz CT molecular complexity index is 1060. The van der Waals surface area contributed by atoms with Crippen LogP contribution < -0.4 is 10.2 Å². The summed E-state index contributed by atoms with van der Waals surface area (Å²) in [7, 11) is 0. The van der Waals surface area contributed by atoms with Crippen molar-refractivity contribution in [2.75, 3.05) is 36.4 Å². The highest BCUT2D eigenvalue weighted by Crippen LogP contribution is 2.25. The summed E-state index contributed by atoms with van der Waals surface area (Å²) in [5.41, 5.74) is 4.20. The number of benzene rings is 2. The third kappa shape index (κ3) is 5.22. The van der Waals surface area contributed by atoms with Gasteiger partial charge in [-0.1, -0.05) is 52.3 Å². The molecule has 1 saturated heterocycles. The van der Waals surface area contributed by atoms with Gasteiger partial charge in [0.1, 0.15) is 11.6 Å². The van der Waals surface area contributed by atoms with Gasteiger partial charge in [0, 0.05) is 54.0 Å². The second-order valence-corrected chi connectivity index (χ2v) is 8.65. The summed E-state index contributed by atoms with van der Waals surface area (Å²) >= 11 is 3.44. The van der Waals surface area contributed by atoms with Crippen molar-refractivity contribution < 1.29 is 4.79 Å². The first-order chi connectivity index (χ1) is 15.0. The Labute approximate surface area is 191 Å². The standard InChI is InChI=1S/C24H26BrN5O/c1-17-22(15-19-7-4-3-5-8-19)23(27-18(2)26-17)29-11-13-30(14-12-29)24(31)28-21-10-6-9-20(25)16-21/h3-10,16H,11-15H2,1-2H3,(H,28,31). The molecule has 2 amide bonds. The Balaban J connectivity index is 1.46. The molecule has 31 heavy (non-hydrogen) atoms. The summed E-state index contributed by atoms with van der Waals surface area (Å²) in [6.45, 7) is 6.76. The molecule has 2 aromatic carbocycles. The highest BCUT2D eigenvalue weighted by atomic mass is 79.9. The lowest BCUT2D eigenvalue weighted by molar-refractivity contribution is 0.208. The van der Waals surface area contributed by atoms with Crippen LogP contribution in [0.4, 0.5) is 16.3 Å². The summed E-state index contributed by atoms with van der Waals surface area (Å²) < 4.78 is 0.940. The average molecular weight is 480 g/mol. The topological polar surface area (TPSA) is 61.4 Å². The molecular weight excluding hydrogens is 454 g/mol. The predicted octanol–water partition coefficient (Wildman–Crippen LogP) is 4.80. The van der Waals surface area contributed by atoms with E-state index >= 15 is 0 Å². The van der Waals surface area contributed by atoms with Gasteiger partial charge in [-0.3, -0.25) is 0 Å². The van der Waals surface area contributed by atoms with Gasteiger partial charge in [0.05, 0.1) is 0 Å². The quantitative estimate of drug-likeness (QED) is 0.583. The number of nitrogens with zero attached hydrogens (tertiary/aromatic N) is 4. The third-order valence-electron chi connectivity index (χ3n) is 5.47. The van der Waals surface area contributed by atoms with Crippen molar-refractivity contribution in [1.82, 2.24) is 14.9 Å². The monoisotopic (exact) mass is 479 g/mol. The molecule has 1 fully saturated rings. The van der Waals surface area contributed by atoms with Crippen molar-refractivity contribution in [3.05, 3.63) is 81.7 Å². The smallest absolute Gasteiger partial charge is 0.321 e. The van der Waals surface area contributed by atoms with Gasteiger partial charge in [-0.15, -0.1) is 0 Å². The van der Waals surface area contributed by atoms with Crippen LogP contribution in [0.15, 0.2) is 59.1 Å². The van der Waals surface area contributed by atoms with Crippen LogP contribution in [0.2, 0.25) is 0 Å². The van der Waals surface area contributed by atoms with Crippen LogP contribution in [0.5, 0.6) is 0 Å². The number of aryl methyl sites for hydroxylation is 2. The molecular formula is C24H26BrN5O. The molecule has 1 N–H and O–H groups in total. The van der Waals surface area contributed by atoms with Crippen LogP contribution in [0, 0.1) is 13.8 Å². The number of amides is 2. The van der Waals surface area contributed by atoms with Crippen LogP contribution in [0.1, 0.15) is 22.6 Å². The van der Waals surface area contributed by atoms with Crippen LogP contribution in [0.3, 0.4) is 0 Å². The largest absolute Gasteiger partial charge is 0.353 e. The number of hydrogen-bond donors (Lipinski definition) is 1. The Kier molecular flexibility index (Phi) is 6.51. The minimum Gasteiger partial charge on any atom is -0.353 e. The Morgan fingerprint density at radius 3 is 2.45 bits per heavy atom. The molecule has 0 saturated carbocycles. The molecule has 1 aliphatic heterocycles. The molecule has 160 valence electrons. The van der Waals surface area contributed by atoms with E-state index in [0.29, 0.717) is 13.1 Å². The predicted molar refractivity (Wildman–Crippen MR) is 128 cm³/mol. The van der Waals surface area contributed by atoms with Crippen molar-refractivity contribution in [2.24, 2.45) is 0 Å². The van der Waals surface area contributed by atoms with E-state index in [1.807, 2.05) is 42.2 Å². The van der Waals surface area contributed by atoms with Crippen molar-refractivity contribution in [3.63, 3.8) is 0 Å². The zero-order valence-corrected chi connectivity index (χ0v) is 19.4. The lowest BCUT2D eigenvalue weighted by Gasteiger charge is -2.36. The van der Waals surface area contributed by atoms with Crippen molar-refractivity contribution in [3.8, 4) is 0 Å². The highest BCUT2D eigenvalue weighted by molar-refractivity contribution is 9.10. The van der Waals surface area contributed by atoms with Gasteiger partial charge in [0.25, 0.3) is 0 Å². The molecule has 2 heterocycles. The maximum Gasteiger partial charge on any atom is 0.321 e. The van der Waals surface area contributed by atoms with Gasteiger partial charge in [-0.25, -0.2) is 14.8 Å². The fraction of sp³-hybridized carbons (Fsp3) is 0.292. The van der Waals surface area contributed by atoms with E-state index in [1.54, 1.807) is 0 Å². The van der Waals surface area contributed by atoms with Gasteiger partial charge in [0.2, 0.25) is 0 Å². The Morgan fingerprint density at radius 1 is 1.00 bits per heavy atom. The van der Waals surface area contributed by atoms with E-state index in [2.05, 4.69) is 62.3 Å². The number of aromatic nitrogens is 2. The summed E-state index contributed by atoms with van der Waals surface area (Å²) in [6.07, 6.45) is 0.797. The lowest BCUT2D eigenvalue weighted by Crippen LogP contribution is -2.50. The molecule has 4 rings (SSSR count). The molecule has 0 unspecified atom stereocenters. The van der Waals surface area contributed by atoms with Crippen molar-refractivity contribution in [1.29, 1.82) is 0 Å². The first kappa shape index (κ1) is 21.3. The number of anilines is 2. The molecule has 1 aliphatic rings. The van der Waals surface area contributed by atoms with Gasteiger partial charge < -0.3 is 15.1 Å². The van der Waals surface area contributed by atoms with E-state index in [-0.39, 0.29) is 6.03 Å². The maximum absolute atomic E-state index is 12.7. The molecule has 7 heteroatoms. The fourth-order valence-electron chi connectivity index (χ4n) is 3.88. The summed E-state index contributed by atoms with van der Waals surface area (Å²) in [4.78, 5) is 26.2.